The number of rotatable bonds is 1. The van der Waals surface area contributed by atoms with Gasteiger partial charge in [-0.15, -0.1) is 0 Å². The van der Waals surface area contributed by atoms with Gasteiger partial charge in [0.1, 0.15) is 5.75 Å². The van der Waals surface area contributed by atoms with Gasteiger partial charge in [-0.1, -0.05) is 13.8 Å². The van der Waals surface area contributed by atoms with Crippen LogP contribution in [0.3, 0.4) is 0 Å². The lowest BCUT2D eigenvalue weighted by Crippen LogP contribution is -2.18. The normalized spacial score (nSPS) is 21.0. The zero-order valence-electron chi connectivity index (χ0n) is 8.62. The van der Waals surface area contributed by atoms with Crippen LogP contribution >= 0.6 is 0 Å². The molecule has 1 aliphatic heterocycles. The van der Waals surface area contributed by atoms with Crippen molar-refractivity contribution in [2.24, 2.45) is 0 Å². The minimum absolute atomic E-state index is 0.454. The maximum Gasteiger partial charge on any atom is 0.174 e. The number of aryl methyl sites for hydroxylation is 1. The van der Waals surface area contributed by atoms with Crippen molar-refractivity contribution in [3.05, 3.63) is 23.5 Å². The number of nitrogens with zero attached hydrogens (tertiary/aromatic N) is 1. The van der Waals surface area contributed by atoms with E-state index >= 15 is 0 Å². The number of fused-ring (bicyclic) bond motifs is 1. The van der Waals surface area contributed by atoms with Gasteiger partial charge >= 0.3 is 0 Å². The fourth-order valence-corrected chi connectivity index (χ4v) is 2.95. The lowest BCUT2D eigenvalue weighted by Gasteiger charge is -2.19. The first-order valence-corrected chi connectivity index (χ1v) is 6.38. The Morgan fingerprint density at radius 2 is 2.21 bits per heavy atom. The van der Waals surface area contributed by atoms with E-state index in [4.69, 9.17) is 0 Å². The van der Waals surface area contributed by atoms with Gasteiger partial charge in [-0.3, -0.25) is 4.98 Å². The summed E-state index contributed by atoms with van der Waals surface area (Å²) in [7, 11) is 0. The third-order valence-electron chi connectivity index (χ3n) is 2.53. The van der Waals surface area contributed by atoms with Gasteiger partial charge in [0.25, 0.3) is 0 Å². The maximum atomic E-state index is 11.6. The van der Waals surface area contributed by atoms with Crippen molar-refractivity contribution < 1.29 is 4.55 Å². The average molecular weight is 209 g/mol. The van der Waals surface area contributed by atoms with Crippen molar-refractivity contribution in [3.63, 3.8) is 0 Å². The Morgan fingerprint density at radius 3 is 2.93 bits per heavy atom. The molecule has 76 valence electrons. The van der Waals surface area contributed by atoms with Crippen molar-refractivity contribution in [3.8, 4) is 0 Å². The molecule has 1 unspecified atom stereocenters. The second-order valence-electron chi connectivity index (χ2n) is 3.99. The highest BCUT2D eigenvalue weighted by molar-refractivity contribution is 7.91. The van der Waals surface area contributed by atoms with Gasteiger partial charge in [0, 0.05) is 5.69 Å². The first-order chi connectivity index (χ1) is 6.68. The summed E-state index contributed by atoms with van der Waals surface area (Å²) < 4.78 is 11.6. The number of hydrogen-bond acceptors (Lipinski definition) is 2. The smallest absolute Gasteiger partial charge is 0.174 e. The summed E-state index contributed by atoms with van der Waals surface area (Å²) in [5.74, 6) is 1.26. The molecule has 2 nitrogen and oxygen atoms in total. The van der Waals surface area contributed by atoms with Gasteiger partial charge in [0.15, 0.2) is 4.90 Å². The van der Waals surface area contributed by atoms with E-state index < -0.39 is 11.2 Å². The monoisotopic (exact) mass is 209 g/mol. The van der Waals surface area contributed by atoms with Gasteiger partial charge in [-0.2, -0.15) is 0 Å². The minimum Gasteiger partial charge on any atom is -0.611 e. The first-order valence-electron chi connectivity index (χ1n) is 5.06. The van der Waals surface area contributed by atoms with E-state index in [0.29, 0.717) is 5.92 Å². The Morgan fingerprint density at radius 1 is 1.43 bits per heavy atom. The first kappa shape index (κ1) is 9.99. The number of pyridine rings is 1. The van der Waals surface area contributed by atoms with Crippen LogP contribution in [-0.4, -0.2) is 15.3 Å². The highest BCUT2D eigenvalue weighted by atomic mass is 32.2. The highest BCUT2D eigenvalue weighted by Crippen LogP contribution is 2.25. The molecule has 0 spiro atoms. The SMILES string of the molecule is CC(C)c1ccc2c(n1)CCC[S+]2[O-]. The predicted molar refractivity (Wildman–Crippen MR) is 57.9 cm³/mol. The fourth-order valence-electron chi connectivity index (χ4n) is 1.69. The molecule has 1 atom stereocenters. The van der Waals surface area contributed by atoms with Gasteiger partial charge < -0.3 is 4.55 Å². The highest BCUT2D eigenvalue weighted by Gasteiger charge is 2.23. The molecule has 0 bridgehead atoms. The van der Waals surface area contributed by atoms with Crippen LogP contribution in [0, 0.1) is 0 Å². The molecule has 0 radical (unpaired) electrons. The molecule has 0 N–H and O–H groups in total. The van der Waals surface area contributed by atoms with Crippen molar-refractivity contribution >= 4 is 11.2 Å². The quantitative estimate of drug-likeness (QED) is 0.665. The predicted octanol–water partition coefficient (Wildman–Crippen LogP) is 2.26. The van der Waals surface area contributed by atoms with Gasteiger partial charge in [0.05, 0.1) is 5.69 Å². The van der Waals surface area contributed by atoms with Crippen LogP contribution in [0.15, 0.2) is 17.0 Å². The zero-order valence-corrected chi connectivity index (χ0v) is 9.43. The summed E-state index contributed by atoms with van der Waals surface area (Å²) in [5, 5.41) is 0. The average Bonchev–Trinajstić information content (AvgIpc) is 2.17. The fraction of sp³-hybridized carbons (Fsp3) is 0.545. The largest absolute Gasteiger partial charge is 0.611 e. The summed E-state index contributed by atoms with van der Waals surface area (Å²) in [6.07, 6.45) is 2.00. The van der Waals surface area contributed by atoms with E-state index in [9.17, 15) is 4.55 Å². The maximum absolute atomic E-state index is 11.6. The third kappa shape index (κ3) is 1.79. The Balaban J connectivity index is 2.39. The summed E-state index contributed by atoms with van der Waals surface area (Å²) in [4.78, 5) is 5.53. The van der Waals surface area contributed by atoms with E-state index in [-0.39, 0.29) is 0 Å². The Bertz CT molecular complexity index is 338. The van der Waals surface area contributed by atoms with E-state index in [2.05, 4.69) is 18.8 Å². The molecule has 2 rings (SSSR count). The van der Waals surface area contributed by atoms with Crippen molar-refractivity contribution in [2.75, 3.05) is 5.75 Å². The molecule has 0 saturated carbocycles. The van der Waals surface area contributed by atoms with Crippen molar-refractivity contribution in [1.29, 1.82) is 0 Å². The molecule has 1 aromatic heterocycles. The minimum atomic E-state index is -0.799. The second kappa shape index (κ2) is 3.91. The summed E-state index contributed by atoms with van der Waals surface area (Å²) in [6, 6.07) is 4.00. The van der Waals surface area contributed by atoms with Crippen LogP contribution in [0.25, 0.3) is 0 Å². The Labute approximate surface area is 87.9 Å². The lowest BCUT2D eigenvalue weighted by molar-refractivity contribution is 0.582. The van der Waals surface area contributed by atoms with Gasteiger partial charge in [-0.05, 0) is 42.1 Å². The molecular formula is C11H15NOS. The van der Waals surface area contributed by atoms with Crippen LogP contribution in [-0.2, 0) is 17.6 Å². The summed E-state index contributed by atoms with van der Waals surface area (Å²) in [5.41, 5.74) is 2.17. The molecule has 0 saturated heterocycles. The molecule has 0 aromatic carbocycles. The van der Waals surface area contributed by atoms with Gasteiger partial charge in [-0.25, -0.2) is 0 Å². The Kier molecular flexibility index (Phi) is 2.79. The summed E-state index contributed by atoms with van der Waals surface area (Å²) >= 11 is -0.799. The third-order valence-corrected chi connectivity index (χ3v) is 4.06. The van der Waals surface area contributed by atoms with Crippen LogP contribution in [0.4, 0.5) is 0 Å². The van der Waals surface area contributed by atoms with Crippen LogP contribution < -0.4 is 0 Å². The van der Waals surface area contributed by atoms with E-state index in [1.54, 1.807) is 0 Å². The topological polar surface area (TPSA) is 36.0 Å². The number of aromatic nitrogens is 1. The molecule has 14 heavy (non-hydrogen) atoms. The van der Waals surface area contributed by atoms with E-state index in [1.807, 2.05) is 12.1 Å². The standard InChI is InChI=1S/C11H15NOS/c1-8(2)9-5-6-11-10(12-9)4-3-7-14(11)13/h5-6,8H,3-4,7H2,1-2H3. The summed E-state index contributed by atoms with van der Waals surface area (Å²) in [6.45, 7) is 4.27. The molecule has 0 aliphatic carbocycles. The van der Waals surface area contributed by atoms with E-state index in [1.165, 1.54) is 0 Å². The van der Waals surface area contributed by atoms with Crippen LogP contribution in [0.5, 0.6) is 0 Å². The molecule has 1 aromatic rings. The van der Waals surface area contributed by atoms with E-state index in [0.717, 1.165) is 34.9 Å². The molecule has 1 aliphatic rings. The van der Waals surface area contributed by atoms with Gasteiger partial charge in [0.2, 0.25) is 0 Å². The lowest BCUT2D eigenvalue weighted by atomic mass is 10.1. The second-order valence-corrected chi connectivity index (χ2v) is 5.53. The molecule has 3 heteroatoms. The Hall–Kier alpha value is -0.540. The zero-order chi connectivity index (χ0) is 10.1. The molecule has 2 heterocycles. The van der Waals surface area contributed by atoms with Crippen molar-refractivity contribution in [2.45, 2.75) is 37.5 Å². The van der Waals surface area contributed by atoms with Crippen LogP contribution in [0.2, 0.25) is 0 Å². The van der Waals surface area contributed by atoms with Crippen molar-refractivity contribution in [1.82, 2.24) is 4.98 Å². The molecule has 0 amide bonds. The molecule has 0 fully saturated rings. The molecular weight excluding hydrogens is 194 g/mol. The van der Waals surface area contributed by atoms with Crippen LogP contribution in [0.1, 0.15) is 37.6 Å². The number of hydrogen-bond donors (Lipinski definition) is 0.